The molecule has 7 heteroatoms. The highest BCUT2D eigenvalue weighted by Gasteiger charge is 2.34. The van der Waals surface area contributed by atoms with Crippen molar-refractivity contribution in [2.75, 3.05) is 6.54 Å². The molecule has 0 unspecified atom stereocenters. The normalized spacial score (nSPS) is 18.4. The first-order valence-corrected chi connectivity index (χ1v) is 12.5. The van der Waals surface area contributed by atoms with Gasteiger partial charge in [-0.2, -0.15) is 0 Å². The Hall–Kier alpha value is -3.00. The Balaban J connectivity index is 1.42. The van der Waals surface area contributed by atoms with Gasteiger partial charge in [-0.25, -0.2) is 0 Å². The molecule has 4 N–H and O–H groups in total. The number of rotatable bonds is 9. The fourth-order valence-electron chi connectivity index (χ4n) is 4.55. The van der Waals surface area contributed by atoms with Crippen molar-refractivity contribution in [1.29, 1.82) is 0 Å². The maximum absolute atomic E-state index is 13.4. The number of amides is 2. The molecule has 2 amide bonds. The van der Waals surface area contributed by atoms with Gasteiger partial charge in [0.2, 0.25) is 5.91 Å². The number of carbonyl (C=O) groups is 2. The van der Waals surface area contributed by atoms with Crippen molar-refractivity contribution in [3.8, 4) is 0 Å². The Morgan fingerprint density at radius 1 is 1.00 bits per heavy atom. The van der Waals surface area contributed by atoms with Gasteiger partial charge < -0.3 is 20.8 Å². The van der Waals surface area contributed by atoms with Crippen molar-refractivity contribution in [2.24, 2.45) is 5.92 Å². The van der Waals surface area contributed by atoms with Crippen molar-refractivity contribution >= 4 is 27.7 Å². The first kappa shape index (κ1) is 25.1. The molecule has 0 saturated heterocycles. The Morgan fingerprint density at radius 2 is 1.74 bits per heavy atom. The summed E-state index contributed by atoms with van der Waals surface area (Å²) < 4.78 is 0.793. The fourth-order valence-corrected chi connectivity index (χ4v) is 4.95. The molecule has 1 aliphatic rings. The van der Waals surface area contributed by atoms with Gasteiger partial charge in [0.15, 0.2) is 0 Å². The molecule has 3 aromatic carbocycles. The van der Waals surface area contributed by atoms with Crippen LogP contribution < -0.4 is 10.6 Å². The van der Waals surface area contributed by atoms with Gasteiger partial charge in [0, 0.05) is 28.9 Å². The fraction of sp³-hybridized carbons (Fsp3) is 0.286. The zero-order valence-electron chi connectivity index (χ0n) is 19.2. The molecule has 182 valence electrons. The topological polar surface area (TPSA) is 98.7 Å². The Morgan fingerprint density at radius 3 is 2.51 bits per heavy atom. The second-order valence-electron chi connectivity index (χ2n) is 8.95. The number of aliphatic hydroxyl groups excluding tert-OH is 2. The summed E-state index contributed by atoms with van der Waals surface area (Å²) in [5.74, 6) is -1.05. The van der Waals surface area contributed by atoms with Crippen molar-refractivity contribution in [3.05, 3.63) is 106 Å². The van der Waals surface area contributed by atoms with Crippen LogP contribution in [-0.4, -0.2) is 40.8 Å². The van der Waals surface area contributed by atoms with Crippen LogP contribution in [0.3, 0.4) is 0 Å². The van der Waals surface area contributed by atoms with E-state index in [1.807, 2.05) is 60.7 Å². The number of halogens is 1. The Labute approximate surface area is 213 Å². The van der Waals surface area contributed by atoms with E-state index in [9.17, 15) is 19.8 Å². The summed E-state index contributed by atoms with van der Waals surface area (Å²) in [6, 6.07) is 23.9. The number of fused-ring (bicyclic) bond motifs is 1. The maximum atomic E-state index is 13.4. The Kier molecular flexibility index (Phi) is 8.33. The van der Waals surface area contributed by atoms with Gasteiger partial charge in [-0.15, -0.1) is 0 Å². The van der Waals surface area contributed by atoms with Gasteiger partial charge in [-0.3, -0.25) is 9.59 Å². The highest BCUT2D eigenvalue weighted by atomic mass is 79.9. The summed E-state index contributed by atoms with van der Waals surface area (Å²) in [6.45, 7) is 0.0266. The zero-order valence-corrected chi connectivity index (χ0v) is 20.8. The molecule has 0 spiro atoms. The van der Waals surface area contributed by atoms with E-state index in [-0.39, 0.29) is 24.8 Å². The zero-order chi connectivity index (χ0) is 24.8. The molecular formula is C28H29BrN2O4. The standard InChI is InChI=1S/C28H29BrN2O4/c29-22-11-6-10-20(14-22)27(34)30-17-23(32)15-21(13-18-7-2-1-3-8-18)28(35)31-26-24-12-5-4-9-19(24)16-25(26)33/h1-12,14,21,23,25-26,32-33H,13,15-17H2,(H,30,34)(H,31,35)/t21-,23+,25-,26+/m1/s1. The minimum Gasteiger partial charge on any atom is -0.391 e. The van der Waals surface area contributed by atoms with Gasteiger partial charge in [0.1, 0.15) is 0 Å². The predicted octanol–water partition coefficient (Wildman–Crippen LogP) is 3.56. The van der Waals surface area contributed by atoms with Crippen molar-refractivity contribution in [3.63, 3.8) is 0 Å². The molecule has 0 bridgehead atoms. The average Bonchev–Trinajstić information content (AvgIpc) is 3.17. The largest absolute Gasteiger partial charge is 0.391 e. The number of carbonyl (C=O) groups excluding carboxylic acids is 2. The van der Waals surface area contributed by atoms with E-state index in [1.165, 1.54) is 0 Å². The van der Waals surface area contributed by atoms with Crippen LogP contribution in [0.5, 0.6) is 0 Å². The molecule has 0 heterocycles. The van der Waals surface area contributed by atoms with Gasteiger partial charge >= 0.3 is 0 Å². The van der Waals surface area contributed by atoms with Crippen molar-refractivity contribution < 1.29 is 19.8 Å². The van der Waals surface area contributed by atoms with Crippen LogP contribution >= 0.6 is 15.9 Å². The second-order valence-corrected chi connectivity index (χ2v) is 9.87. The van der Waals surface area contributed by atoms with Gasteiger partial charge in [0.05, 0.1) is 18.2 Å². The monoisotopic (exact) mass is 536 g/mol. The van der Waals surface area contributed by atoms with Crippen LogP contribution in [0.2, 0.25) is 0 Å². The lowest BCUT2D eigenvalue weighted by atomic mass is 9.92. The van der Waals surface area contributed by atoms with E-state index in [0.29, 0.717) is 18.4 Å². The molecule has 0 aromatic heterocycles. The van der Waals surface area contributed by atoms with Crippen molar-refractivity contribution in [2.45, 2.75) is 37.5 Å². The number of nitrogens with one attached hydrogen (secondary N) is 2. The van der Waals surface area contributed by atoms with E-state index < -0.39 is 24.2 Å². The summed E-state index contributed by atoms with van der Waals surface area (Å²) in [5.41, 5.74) is 3.42. The van der Waals surface area contributed by atoms with E-state index in [4.69, 9.17) is 0 Å². The first-order valence-electron chi connectivity index (χ1n) is 11.7. The molecule has 0 radical (unpaired) electrons. The van der Waals surface area contributed by atoms with Gasteiger partial charge in [-0.1, -0.05) is 76.6 Å². The number of aliphatic hydroxyl groups is 2. The summed E-state index contributed by atoms with van der Waals surface area (Å²) in [5, 5.41) is 27.0. The number of benzene rings is 3. The third kappa shape index (κ3) is 6.57. The summed E-state index contributed by atoms with van der Waals surface area (Å²) >= 11 is 3.35. The molecule has 0 aliphatic heterocycles. The van der Waals surface area contributed by atoms with Crippen LogP contribution in [0.15, 0.2) is 83.3 Å². The summed E-state index contributed by atoms with van der Waals surface area (Å²) in [4.78, 5) is 25.8. The third-order valence-corrected chi connectivity index (χ3v) is 6.83. The average molecular weight is 537 g/mol. The van der Waals surface area contributed by atoms with Crippen molar-refractivity contribution in [1.82, 2.24) is 10.6 Å². The first-order chi connectivity index (χ1) is 16.9. The van der Waals surface area contributed by atoms with Crippen LogP contribution in [0, 0.1) is 5.92 Å². The minimum absolute atomic E-state index is 0.0266. The SMILES string of the molecule is O=C(NC[C@@H](O)C[C@@H](Cc1ccccc1)C(=O)N[C@H]1c2ccccc2C[C@H]1O)c1cccc(Br)c1. The lowest BCUT2D eigenvalue weighted by Crippen LogP contribution is -2.41. The maximum Gasteiger partial charge on any atom is 0.251 e. The molecule has 4 rings (SSSR count). The molecule has 0 saturated carbocycles. The molecule has 35 heavy (non-hydrogen) atoms. The summed E-state index contributed by atoms with van der Waals surface area (Å²) in [7, 11) is 0. The molecular weight excluding hydrogens is 508 g/mol. The lowest BCUT2D eigenvalue weighted by molar-refractivity contribution is -0.127. The minimum atomic E-state index is -0.911. The molecule has 1 aliphatic carbocycles. The molecule has 0 fully saturated rings. The van der Waals surface area contributed by atoms with E-state index >= 15 is 0 Å². The van der Waals surface area contributed by atoms with E-state index in [1.54, 1.807) is 18.2 Å². The number of hydrogen-bond acceptors (Lipinski definition) is 4. The van der Waals surface area contributed by atoms with Crippen LogP contribution in [-0.2, 0) is 17.6 Å². The van der Waals surface area contributed by atoms with Crippen LogP contribution in [0.25, 0.3) is 0 Å². The number of hydrogen-bond donors (Lipinski definition) is 4. The summed E-state index contributed by atoms with van der Waals surface area (Å²) in [6.07, 6.45) is -0.499. The second kappa shape index (κ2) is 11.6. The molecule has 6 nitrogen and oxygen atoms in total. The van der Waals surface area contributed by atoms with Gasteiger partial charge in [0.25, 0.3) is 5.91 Å². The highest BCUT2D eigenvalue weighted by molar-refractivity contribution is 9.10. The smallest absolute Gasteiger partial charge is 0.251 e. The molecule has 3 aromatic rings. The lowest BCUT2D eigenvalue weighted by Gasteiger charge is -2.24. The van der Waals surface area contributed by atoms with Crippen LogP contribution in [0.4, 0.5) is 0 Å². The predicted molar refractivity (Wildman–Crippen MR) is 138 cm³/mol. The van der Waals surface area contributed by atoms with E-state index in [0.717, 1.165) is 21.2 Å². The van der Waals surface area contributed by atoms with Crippen LogP contribution in [0.1, 0.15) is 39.5 Å². The van der Waals surface area contributed by atoms with E-state index in [2.05, 4.69) is 26.6 Å². The highest BCUT2D eigenvalue weighted by Crippen LogP contribution is 2.32. The van der Waals surface area contributed by atoms with Gasteiger partial charge in [-0.05, 0) is 47.7 Å². The quantitative estimate of drug-likeness (QED) is 0.336. The Bertz CT molecular complexity index is 1170. The third-order valence-electron chi connectivity index (χ3n) is 6.34. The molecule has 4 atom stereocenters.